The molecule has 0 saturated carbocycles. The van der Waals surface area contributed by atoms with Crippen molar-refractivity contribution in [3.05, 3.63) is 70.5 Å². The van der Waals surface area contributed by atoms with Gasteiger partial charge in [-0.3, -0.25) is 4.90 Å². The molecule has 0 bridgehead atoms. The van der Waals surface area contributed by atoms with Gasteiger partial charge in [0, 0.05) is 31.2 Å². The summed E-state index contributed by atoms with van der Waals surface area (Å²) in [6.45, 7) is 3.82. The molecule has 1 N–H and O–H groups in total. The number of rotatable bonds is 3. The molecule has 0 aromatic heterocycles. The first-order chi connectivity index (χ1) is 10.3. The van der Waals surface area contributed by atoms with Crippen molar-refractivity contribution in [3.63, 3.8) is 0 Å². The summed E-state index contributed by atoms with van der Waals surface area (Å²) in [5.41, 5.74) is 2.15. The van der Waals surface area contributed by atoms with Gasteiger partial charge in [-0.15, -0.1) is 0 Å². The third kappa shape index (κ3) is 3.26. The Morgan fingerprint density at radius 3 is 2.33 bits per heavy atom. The number of benzene rings is 2. The van der Waals surface area contributed by atoms with E-state index < -0.39 is 0 Å². The molecule has 0 spiro atoms. The van der Waals surface area contributed by atoms with Gasteiger partial charge in [0.25, 0.3) is 0 Å². The van der Waals surface area contributed by atoms with Gasteiger partial charge in [-0.05, 0) is 29.3 Å². The van der Waals surface area contributed by atoms with Crippen LogP contribution in [0.25, 0.3) is 0 Å². The smallest absolute Gasteiger partial charge is 0.123 e. The van der Waals surface area contributed by atoms with E-state index >= 15 is 0 Å². The molecule has 1 unspecified atom stereocenters. The fraction of sp³-hybridized carbons (Fsp3) is 0.294. The molecule has 0 radical (unpaired) electrons. The molecular formula is C17H18ClFN2. The molecule has 1 heterocycles. The number of piperazine rings is 1. The highest BCUT2D eigenvalue weighted by Gasteiger charge is 2.25. The molecule has 1 atom stereocenters. The first-order valence-corrected chi connectivity index (χ1v) is 7.58. The lowest BCUT2D eigenvalue weighted by Gasteiger charge is -2.36. The fourth-order valence-electron chi connectivity index (χ4n) is 2.87. The Balaban J connectivity index is 2.01. The highest BCUT2D eigenvalue weighted by atomic mass is 35.5. The zero-order valence-corrected chi connectivity index (χ0v) is 12.5. The minimum Gasteiger partial charge on any atom is -0.314 e. The minimum absolute atomic E-state index is 0.0707. The van der Waals surface area contributed by atoms with Gasteiger partial charge in [-0.25, -0.2) is 4.39 Å². The van der Waals surface area contributed by atoms with E-state index in [4.69, 9.17) is 11.6 Å². The predicted molar refractivity (Wildman–Crippen MR) is 84.1 cm³/mol. The summed E-state index contributed by atoms with van der Waals surface area (Å²) in [5.74, 6) is -0.211. The van der Waals surface area contributed by atoms with Gasteiger partial charge in [0.15, 0.2) is 0 Å². The number of nitrogens with one attached hydrogen (secondary N) is 1. The van der Waals surface area contributed by atoms with E-state index in [1.165, 1.54) is 12.1 Å². The summed E-state index contributed by atoms with van der Waals surface area (Å²) in [6.07, 6.45) is 0. The van der Waals surface area contributed by atoms with E-state index in [1.54, 1.807) is 0 Å². The first-order valence-electron chi connectivity index (χ1n) is 7.20. The molecule has 1 fully saturated rings. The van der Waals surface area contributed by atoms with Crippen LogP contribution in [-0.2, 0) is 0 Å². The molecule has 4 heteroatoms. The van der Waals surface area contributed by atoms with Crippen LogP contribution in [0.3, 0.4) is 0 Å². The Labute approximate surface area is 129 Å². The van der Waals surface area contributed by atoms with Crippen LogP contribution in [0.2, 0.25) is 5.02 Å². The van der Waals surface area contributed by atoms with Crippen molar-refractivity contribution in [2.45, 2.75) is 6.04 Å². The van der Waals surface area contributed by atoms with Gasteiger partial charge >= 0.3 is 0 Å². The van der Waals surface area contributed by atoms with Gasteiger partial charge < -0.3 is 5.32 Å². The second-order valence-electron chi connectivity index (χ2n) is 5.26. The minimum atomic E-state index is -0.211. The largest absolute Gasteiger partial charge is 0.314 e. The van der Waals surface area contributed by atoms with Crippen molar-refractivity contribution in [2.24, 2.45) is 0 Å². The van der Waals surface area contributed by atoms with Gasteiger partial charge in [0.2, 0.25) is 0 Å². The summed E-state index contributed by atoms with van der Waals surface area (Å²) < 4.78 is 13.2. The quantitative estimate of drug-likeness (QED) is 0.934. The highest BCUT2D eigenvalue weighted by molar-refractivity contribution is 6.31. The van der Waals surface area contributed by atoms with Crippen molar-refractivity contribution < 1.29 is 4.39 Å². The lowest BCUT2D eigenvalue weighted by atomic mass is 9.96. The maximum absolute atomic E-state index is 13.2. The van der Waals surface area contributed by atoms with Gasteiger partial charge in [-0.2, -0.15) is 0 Å². The van der Waals surface area contributed by atoms with E-state index in [-0.39, 0.29) is 11.9 Å². The zero-order valence-electron chi connectivity index (χ0n) is 11.7. The molecule has 110 valence electrons. The highest BCUT2D eigenvalue weighted by Crippen LogP contribution is 2.33. The van der Waals surface area contributed by atoms with Gasteiger partial charge in [0.1, 0.15) is 5.82 Å². The van der Waals surface area contributed by atoms with Crippen LogP contribution in [0.5, 0.6) is 0 Å². The molecule has 1 aliphatic heterocycles. The van der Waals surface area contributed by atoms with Crippen molar-refractivity contribution >= 4 is 11.6 Å². The molecule has 2 aromatic carbocycles. The van der Waals surface area contributed by atoms with Gasteiger partial charge in [0.05, 0.1) is 6.04 Å². The molecule has 3 rings (SSSR count). The van der Waals surface area contributed by atoms with Crippen LogP contribution >= 0.6 is 11.6 Å². The second kappa shape index (κ2) is 6.56. The normalized spacial score (nSPS) is 17.6. The van der Waals surface area contributed by atoms with Crippen LogP contribution in [0.15, 0.2) is 48.5 Å². The van der Waals surface area contributed by atoms with E-state index in [2.05, 4.69) is 16.3 Å². The molecule has 1 saturated heterocycles. The fourth-order valence-corrected chi connectivity index (χ4v) is 3.11. The van der Waals surface area contributed by atoms with Crippen molar-refractivity contribution in [1.82, 2.24) is 10.2 Å². The van der Waals surface area contributed by atoms with Crippen molar-refractivity contribution in [2.75, 3.05) is 26.2 Å². The average Bonchev–Trinajstić information content (AvgIpc) is 2.52. The molecule has 21 heavy (non-hydrogen) atoms. The SMILES string of the molecule is Fc1ccc(C(c2ccccc2Cl)N2CCNCC2)cc1. The average molecular weight is 305 g/mol. The van der Waals surface area contributed by atoms with Crippen molar-refractivity contribution in [1.29, 1.82) is 0 Å². The lowest BCUT2D eigenvalue weighted by Crippen LogP contribution is -2.45. The molecule has 0 amide bonds. The summed E-state index contributed by atoms with van der Waals surface area (Å²) in [4.78, 5) is 2.39. The monoisotopic (exact) mass is 304 g/mol. The Kier molecular flexibility index (Phi) is 4.54. The van der Waals surface area contributed by atoms with E-state index in [9.17, 15) is 4.39 Å². The molecule has 2 aromatic rings. The summed E-state index contributed by atoms with van der Waals surface area (Å²) >= 11 is 6.40. The summed E-state index contributed by atoms with van der Waals surface area (Å²) in [7, 11) is 0. The lowest BCUT2D eigenvalue weighted by molar-refractivity contribution is 0.198. The zero-order chi connectivity index (χ0) is 14.7. The second-order valence-corrected chi connectivity index (χ2v) is 5.67. The maximum Gasteiger partial charge on any atom is 0.123 e. The van der Waals surface area contributed by atoms with Crippen LogP contribution in [0.1, 0.15) is 17.2 Å². The van der Waals surface area contributed by atoms with E-state index in [0.29, 0.717) is 0 Å². The number of hydrogen-bond acceptors (Lipinski definition) is 2. The predicted octanol–water partition coefficient (Wildman–Crippen LogP) is 3.47. The first kappa shape index (κ1) is 14.5. The van der Waals surface area contributed by atoms with E-state index in [0.717, 1.165) is 42.3 Å². The summed E-state index contributed by atoms with van der Waals surface area (Å²) in [5, 5.41) is 4.12. The molecule has 0 aliphatic carbocycles. The Hall–Kier alpha value is -1.42. The van der Waals surface area contributed by atoms with Crippen LogP contribution in [0.4, 0.5) is 4.39 Å². The Bertz CT molecular complexity index is 594. The topological polar surface area (TPSA) is 15.3 Å². The van der Waals surface area contributed by atoms with Crippen molar-refractivity contribution in [3.8, 4) is 0 Å². The third-order valence-corrected chi connectivity index (χ3v) is 4.25. The molecule has 2 nitrogen and oxygen atoms in total. The Morgan fingerprint density at radius 1 is 1.00 bits per heavy atom. The number of hydrogen-bond donors (Lipinski definition) is 1. The number of nitrogens with zero attached hydrogens (tertiary/aromatic N) is 1. The van der Waals surface area contributed by atoms with Crippen LogP contribution < -0.4 is 5.32 Å². The molecular weight excluding hydrogens is 287 g/mol. The van der Waals surface area contributed by atoms with Gasteiger partial charge in [-0.1, -0.05) is 41.9 Å². The third-order valence-electron chi connectivity index (χ3n) is 3.90. The maximum atomic E-state index is 13.2. The summed E-state index contributed by atoms with van der Waals surface area (Å²) in [6, 6.07) is 14.7. The molecule has 1 aliphatic rings. The standard InChI is InChI=1S/C17H18ClFN2/c18-16-4-2-1-3-15(16)17(21-11-9-20-10-12-21)13-5-7-14(19)8-6-13/h1-8,17,20H,9-12H2. The number of halogens is 2. The Morgan fingerprint density at radius 2 is 1.67 bits per heavy atom. The van der Waals surface area contributed by atoms with E-state index in [1.807, 2.05) is 30.3 Å². The van der Waals surface area contributed by atoms with Crippen LogP contribution in [-0.4, -0.2) is 31.1 Å². The van der Waals surface area contributed by atoms with Crippen LogP contribution in [0, 0.1) is 5.82 Å².